The standard InChI is InChI=1S/C21H20BrN3O4/c1-23-17-11-14(22)5-8-16(17)25(21(23)28)19-18(26)9-10-24(20(19)27)12-13-3-6-15(29-2)7-4-13/h3-8,11,19H,9-10,12H2,1-2H3. The van der Waals surface area contributed by atoms with Crippen LogP contribution in [0.2, 0.25) is 0 Å². The maximum absolute atomic E-state index is 13.2. The van der Waals surface area contributed by atoms with E-state index in [1.54, 1.807) is 37.3 Å². The van der Waals surface area contributed by atoms with Crippen molar-refractivity contribution < 1.29 is 14.3 Å². The van der Waals surface area contributed by atoms with Gasteiger partial charge in [-0.2, -0.15) is 0 Å². The summed E-state index contributed by atoms with van der Waals surface area (Å²) in [7, 11) is 3.24. The third-order valence-electron chi connectivity index (χ3n) is 5.32. The summed E-state index contributed by atoms with van der Waals surface area (Å²) in [5, 5.41) is 0. The second-order valence-corrected chi connectivity index (χ2v) is 7.99. The Morgan fingerprint density at radius 3 is 2.48 bits per heavy atom. The molecular weight excluding hydrogens is 438 g/mol. The van der Waals surface area contributed by atoms with Crippen LogP contribution in [0, 0.1) is 0 Å². The number of aryl methyl sites for hydroxylation is 1. The Morgan fingerprint density at radius 1 is 1.07 bits per heavy atom. The lowest BCUT2D eigenvalue weighted by Gasteiger charge is -2.32. The summed E-state index contributed by atoms with van der Waals surface area (Å²) in [6.45, 7) is 0.711. The van der Waals surface area contributed by atoms with Crippen LogP contribution in [0.5, 0.6) is 5.75 Å². The number of halogens is 1. The monoisotopic (exact) mass is 457 g/mol. The molecule has 1 saturated heterocycles. The lowest BCUT2D eigenvalue weighted by Crippen LogP contribution is -2.48. The van der Waals surface area contributed by atoms with Gasteiger partial charge in [0, 0.05) is 31.0 Å². The number of imidazole rings is 1. The van der Waals surface area contributed by atoms with E-state index < -0.39 is 6.04 Å². The fourth-order valence-electron chi connectivity index (χ4n) is 3.75. The first kappa shape index (κ1) is 19.4. The fraction of sp³-hybridized carbons (Fsp3) is 0.286. The third-order valence-corrected chi connectivity index (χ3v) is 5.81. The molecule has 1 aromatic heterocycles. The molecule has 1 unspecified atom stereocenters. The van der Waals surface area contributed by atoms with Gasteiger partial charge >= 0.3 is 5.69 Å². The summed E-state index contributed by atoms with van der Waals surface area (Å²) < 4.78 is 8.77. The topological polar surface area (TPSA) is 73.5 Å². The largest absolute Gasteiger partial charge is 0.497 e. The molecule has 1 amide bonds. The number of fused-ring (bicyclic) bond motifs is 1. The number of ether oxygens (including phenoxy) is 1. The van der Waals surface area contributed by atoms with Crippen LogP contribution in [0.15, 0.2) is 51.7 Å². The number of carbonyl (C=O) groups excluding carboxylic acids is 2. The fourth-order valence-corrected chi connectivity index (χ4v) is 4.10. The van der Waals surface area contributed by atoms with Gasteiger partial charge in [-0.25, -0.2) is 4.79 Å². The van der Waals surface area contributed by atoms with Crippen LogP contribution in [0.3, 0.4) is 0 Å². The minimum absolute atomic E-state index is 0.214. The number of rotatable bonds is 4. The molecular formula is C21H20BrN3O4. The van der Waals surface area contributed by atoms with E-state index >= 15 is 0 Å². The maximum Gasteiger partial charge on any atom is 0.329 e. The zero-order chi connectivity index (χ0) is 20.7. The van der Waals surface area contributed by atoms with E-state index in [4.69, 9.17) is 4.74 Å². The predicted octanol–water partition coefficient (Wildman–Crippen LogP) is 2.65. The molecule has 0 aliphatic carbocycles. The van der Waals surface area contributed by atoms with Crippen molar-refractivity contribution in [3.8, 4) is 5.75 Å². The molecule has 0 radical (unpaired) electrons. The number of hydrogen-bond donors (Lipinski definition) is 0. The molecule has 0 bridgehead atoms. The minimum Gasteiger partial charge on any atom is -0.497 e. The molecule has 0 spiro atoms. The van der Waals surface area contributed by atoms with Crippen molar-refractivity contribution in [2.75, 3.05) is 13.7 Å². The predicted molar refractivity (Wildman–Crippen MR) is 112 cm³/mol. The van der Waals surface area contributed by atoms with Crippen LogP contribution >= 0.6 is 15.9 Å². The molecule has 1 aliphatic heterocycles. The molecule has 0 saturated carbocycles. The van der Waals surface area contributed by atoms with Crippen LogP contribution in [0.1, 0.15) is 18.0 Å². The first-order valence-corrected chi connectivity index (χ1v) is 10.0. The van der Waals surface area contributed by atoms with E-state index in [9.17, 15) is 14.4 Å². The first-order chi connectivity index (χ1) is 13.9. The molecule has 1 aliphatic rings. The van der Waals surface area contributed by atoms with E-state index in [1.807, 2.05) is 24.3 Å². The number of piperidine rings is 1. The molecule has 150 valence electrons. The zero-order valence-electron chi connectivity index (χ0n) is 16.1. The molecule has 1 fully saturated rings. The molecule has 4 rings (SSSR count). The number of Topliss-reactive ketones (excluding diaryl/α,β-unsaturated/α-hetero) is 1. The quantitative estimate of drug-likeness (QED) is 0.564. The highest BCUT2D eigenvalue weighted by Crippen LogP contribution is 2.26. The summed E-state index contributed by atoms with van der Waals surface area (Å²) in [6, 6.07) is 11.7. The highest BCUT2D eigenvalue weighted by molar-refractivity contribution is 9.10. The smallest absolute Gasteiger partial charge is 0.329 e. The van der Waals surface area contributed by atoms with Crippen LogP contribution < -0.4 is 10.4 Å². The Kier molecular flexibility index (Phi) is 5.04. The summed E-state index contributed by atoms with van der Waals surface area (Å²) in [5.41, 5.74) is 1.79. The number of likely N-dealkylation sites (tertiary alicyclic amines) is 1. The second-order valence-electron chi connectivity index (χ2n) is 7.07. The third kappa shape index (κ3) is 3.37. The molecule has 1 atom stereocenters. The normalized spacial score (nSPS) is 17.2. The molecule has 2 heterocycles. The summed E-state index contributed by atoms with van der Waals surface area (Å²) in [6.07, 6.45) is 0.214. The highest BCUT2D eigenvalue weighted by atomic mass is 79.9. The van der Waals surface area contributed by atoms with Crippen molar-refractivity contribution in [2.45, 2.75) is 19.0 Å². The van der Waals surface area contributed by atoms with E-state index in [2.05, 4.69) is 15.9 Å². The number of ketones is 1. The van der Waals surface area contributed by atoms with Gasteiger partial charge in [0.2, 0.25) is 0 Å². The van der Waals surface area contributed by atoms with Crippen LogP contribution in [0.4, 0.5) is 0 Å². The van der Waals surface area contributed by atoms with Gasteiger partial charge < -0.3 is 9.64 Å². The molecule has 3 aromatic rings. The number of hydrogen-bond acceptors (Lipinski definition) is 4. The van der Waals surface area contributed by atoms with Gasteiger partial charge in [0.1, 0.15) is 5.75 Å². The minimum atomic E-state index is -1.14. The van der Waals surface area contributed by atoms with Crippen molar-refractivity contribution in [1.29, 1.82) is 0 Å². The summed E-state index contributed by atoms with van der Waals surface area (Å²) in [5.74, 6) is 0.147. The Morgan fingerprint density at radius 2 is 1.79 bits per heavy atom. The highest BCUT2D eigenvalue weighted by Gasteiger charge is 2.38. The molecule has 0 N–H and O–H groups in total. The Balaban J connectivity index is 1.71. The van der Waals surface area contributed by atoms with Crippen molar-refractivity contribution >= 4 is 38.7 Å². The first-order valence-electron chi connectivity index (χ1n) is 9.21. The van der Waals surface area contributed by atoms with Crippen LogP contribution in [0.25, 0.3) is 11.0 Å². The Bertz CT molecular complexity index is 1160. The molecule has 2 aromatic carbocycles. The summed E-state index contributed by atoms with van der Waals surface area (Å²) in [4.78, 5) is 40.5. The van der Waals surface area contributed by atoms with Crippen molar-refractivity contribution in [2.24, 2.45) is 7.05 Å². The number of benzene rings is 2. The van der Waals surface area contributed by atoms with Crippen LogP contribution in [-0.2, 0) is 23.2 Å². The van der Waals surface area contributed by atoms with Gasteiger partial charge in [-0.1, -0.05) is 28.1 Å². The van der Waals surface area contributed by atoms with E-state index in [0.29, 0.717) is 24.1 Å². The van der Waals surface area contributed by atoms with E-state index in [0.717, 1.165) is 15.8 Å². The van der Waals surface area contributed by atoms with Gasteiger partial charge in [0.15, 0.2) is 11.8 Å². The number of aromatic nitrogens is 2. The van der Waals surface area contributed by atoms with Gasteiger partial charge in [-0.3, -0.25) is 18.7 Å². The van der Waals surface area contributed by atoms with Crippen molar-refractivity contribution in [3.05, 3.63) is 63.0 Å². The SMILES string of the molecule is COc1ccc(CN2CCC(=O)C(n3c(=O)n(C)c4cc(Br)ccc43)C2=O)cc1. The maximum atomic E-state index is 13.2. The lowest BCUT2D eigenvalue weighted by molar-refractivity contribution is -0.145. The number of methoxy groups -OCH3 is 1. The van der Waals surface area contributed by atoms with Gasteiger partial charge in [0.25, 0.3) is 5.91 Å². The average Bonchev–Trinajstić information content (AvgIpc) is 2.95. The van der Waals surface area contributed by atoms with E-state index in [1.165, 1.54) is 9.13 Å². The average molecular weight is 458 g/mol. The zero-order valence-corrected chi connectivity index (χ0v) is 17.7. The second kappa shape index (κ2) is 7.51. The van der Waals surface area contributed by atoms with Crippen LogP contribution in [-0.4, -0.2) is 39.4 Å². The number of amides is 1. The molecule has 29 heavy (non-hydrogen) atoms. The molecule has 8 heteroatoms. The lowest BCUT2D eigenvalue weighted by atomic mass is 10.0. The van der Waals surface area contributed by atoms with Crippen molar-refractivity contribution in [1.82, 2.24) is 14.0 Å². The van der Waals surface area contributed by atoms with E-state index in [-0.39, 0.29) is 23.8 Å². The Hall–Kier alpha value is -2.87. The number of nitrogens with zero attached hydrogens (tertiary/aromatic N) is 3. The van der Waals surface area contributed by atoms with Crippen molar-refractivity contribution in [3.63, 3.8) is 0 Å². The number of carbonyl (C=O) groups is 2. The molecule has 7 nitrogen and oxygen atoms in total. The summed E-state index contributed by atoms with van der Waals surface area (Å²) >= 11 is 3.40. The van der Waals surface area contributed by atoms with Gasteiger partial charge in [0.05, 0.1) is 18.1 Å². The van der Waals surface area contributed by atoms with Gasteiger partial charge in [-0.15, -0.1) is 0 Å². The Labute approximate surface area is 175 Å². The van der Waals surface area contributed by atoms with Gasteiger partial charge in [-0.05, 0) is 35.9 Å².